The summed E-state index contributed by atoms with van der Waals surface area (Å²) >= 11 is 5.92. The molecule has 1 atom stereocenters. The molecule has 1 aliphatic heterocycles. The van der Waals surface area contributed by atoms with Crippen LogP contribution in [0.15, 0.2) is 33.4 Å². The van der Waals surface area contributed by atoms with Gasteiger partial charge in [-0.05, 0) is 38.0 Å². The smallest absolute Gasteiger partial charge is 0.276 e. The fourth-order valence-electron chi connectivity index (χ4n) is 3.20. The third kappa shape index (κ3) is 3.57. The van der Waals surface area contributed by atoms with Crippen molar-refractivity contribution in [1.82, 2.24) is 20.4 Å². The van der Waals surface area contributed by atoms with Gasteiger partial charge in [0.25, 0.3) is 5.91 Å². The Morgan fingerprint density at radius 2 is 2.21 bits per heavy atom. The second kappa shape index (κ2) is 7.59. The molecule has 2 aromatic heterocycles. The molecule has 1 saturated heterocycles. The van der Waals surface area contributed by atoms with Crippen molar-refractivity contribution in [3.8, 4) is 5.75 Å². The van der Waals surface area contributed by atoms with Gasteiger partial charge in [-0.3, -0.25) is 4.79 Å². The van der Waals surface area contributed by atoms with Crippen LogP contribution in [0, 0.1) is 12.7 Å². The lowest BCUT2D eigenvalue weighted by atomic mass is 10.1. The van der Waals surface area contributed by atoms with Crippen molar-refractivity contribution in [2.45, 2.75) is 32.4 Å². The molecule has 3 aromatic rings. The van der Waals surface area contributed by atoms with E-state index in [4.69, 9.17) is 25.5 Å². The first-order valence-corrected chi connectivity index (χ1v) is 9.04. The van der Waals surface area contributed by atoms with Gasteiger partial charge in [-0.15, -0.1) is 0 Å². The summed E-state index contributed by atoms with van der Waals surface area (Å²) in [6.45, 7) is 2.37. The average Bonchev–Trinajstić information content (AvgIpc) is 3.40. The zero-order valence-electron chi connectivity index (χ0n) is 14.9. The van der Waals surface area contributed by atoms with Crippen LogP contribution in [0.5, 0.6) is 5.75 Å². The zero-order valence-corrected chi connectivity index (χ0v) is 15.6. The molecule has 1 aromatic carbocycles. The second-order valence-corrected chi connectivity index (χ2v) is 6.84. The van der Waals surface area contributed by atoms with E-state index < -0.39 is 5.82 Å². The monoisotopic (exact) mass is 406 g/mol. The number of hydrogen-bond acceptors (Lipinski definition) is 7. The Bertz CT molecular complexity index is 1010. The lowest BCUT2D eigenvalue weighted by Gasteiger charge is -2.21. The van der Waals surface area contributed by atoms with Crippen LogP contribution in [0.25, 0.3) is 0 Å². The molecule has 0 N–H and O–H groups in total. The van der Waals surface area contributed by atoms with Crippen LogP contribution < -0.4 is 4.74 Å². The molecule has 0 bridgehead atoms. The minimum Gasteiger partial charge on any atom is -0.484 e. The second-order valence-electron chi connectivity index (χ2n) is 6.43. The SMILES string of the molecule is Cc1nonc1[C@H]1CCCN1C(=O)c1cc(COc2ccc(F)cc2Cl)on1. The van der Waals surface area contributed by atoms with Crippen LogP contribution in [-0.2, 0) is 6.61 Å². The number of aryl methyl sites for hydroxylation is 1. The van der Waals surface area contributed by atoms with Crippen LogP contribution in [0.1, 0.15) is 46.5 Å². The molecule has 0 radical (unpaired) electrons. The molecule has 8 nitrogen and oxygen atoms in total. The number of nitrogens with zero attached hydrogens (tertiary/aromatic N) is 4. The molecule has 1 aliphatic rings. The highest BCUT2D eigenvalue weighted by molar-refractivity contribution is 6.32. The van der Waals surface area contributed by atoms with E-state index in [1.807, 2.05) is 0 Å². The largest absolute Gasteiger partial charge is 0.484 e. The molecule has 0 spiro atoms. The molecular weight excluding hydrogens is 391 g/mol. The Morgan fingerprint density at radius 3 is 2.96 bits per heavy atom. The average molecular weight is 407 g/mol. The van der Waals surface area contributed by atoms with E-state index in [1.165, 1.54) is 18.2 Å². The van der Waals surface area contributed by atoms with Crippen molar-refractivity contribution in [3.05, 3.63) is 57.9 Å². The van der Waals surface area contributed by atoms with Gasteiger partial charge in [-0.1, -0.05) is 27.1 Å². The summed E-state index contributed by atoms with van der Waals surface area (Å²) in [5.41, 5.74) is 1.49. The number of ether oxygens (including phenoxy) is 1. The van der Waals surface area contributed by atoms with Crippen LogP contribution in [-0.4, -0.2) is 32.8 Å². The molecule has 1 fully saturated rings. The fraction of sp³-hybridized carbons (Fsp3) is 0.333. The van der Waals surface area contributed by atoms with E-state index in [0.717, 1.165) is 18.9 Å². The molecule has 1 amide bonds. The Labute approximate surface area is 164 Å². The Hall–Kier alpha value is -2.94. The van der Waals surface area contributed by atoms with E-state index >= 15 is 0 Å². The van der Waals surface area contributed by atoms with Crippen LogP contribution >= 0.6 is 11.6 Å². The van der Waals surface area contributed by atoms with Gasteiger partial charge < -0.3 is 14.2 Å². The van der Waals surface area contributed by atoms with Crippen molar-refractivity contribution in [1.29, 1.82) is 0 Å². The highest BCUT2D eigenvalue weighted by Crippen LogP contribution is 2.33. The zero-order chi connectivity index (χ0) is 19.7. The number of carbonyl (C=O) groups is 1. The summed E-state index contributed by atoms with van der Waals surface area (Å²) in [6.07, 6.45) is 1.62. The van der Waals surface area contributed by atoms with Crippen molar-refractivity contribution < 1.29 is 23.1 Å². The van der Waals surface area contributed by atoms with Crippen LogP contribution in [0.3, 0.4) is 0 Å². The summed E-state index contributed by atoms with van der Waals surface area (Å²) < 4.78 is 28.5. The highest BCUT2D eigenvalue weighted by atomic mass is 35.5. The van der Waals surface area contributed by atoms with Crippen molar-refractivity contribution in [2.75, 3.05) is 6.54 Å². The Balaban J connectivity index is 1.45. The number of hydrogen-bond donors (Lipinski definition) is 0. The summed E-state index contributed by atoms with van der Waals surface area (Å²) in [7, 11) is 0. The molecule has 0 unspecified atom stereocenters. The maximum absolute atomic E-state index is 13.1. The van der Waals surface area contributed by atoms with E-state index in [0.29, 0.717) is 29.4 Å². The molecule has 4 rings (SSSR count). The normalized spacial score (nSPS) is 16.5. The van der Waals surface area contributed by atoms with E-state index in [-0.39, 0.29) is 29.3 Å². The third-order valence-electron chi connectivity index (χ3n) is 4.56. The Morgan fingerprint density at radius 1 is 1.36 bits per heavy atom. The number of amides is 1. The number of aromatic nitrogens is 3. The number of carbonyl (C=O) groups excluding carboxylic acids is 1. The highest BCUT2D eigenvalue weighted by Gasteiger charge is 2.35. The minimum absolute atomic E-state index is 0.00136. The number of halogens is 2. The fourth-order valence-corrected chi connectivity index (χ4v) is 3.43. The van der Waals surface area contributed by atoms with E-state index in [9.17, 15) is 9.18 Å². The third-order valence-corrected chi connectivity index (χ3v) is 4.85. The van der Waals surface area contributed by atoms with Gasteiger partial charge in [0.2, 0.25) is 0 Å². The number of likely N-dealkylation sites (tertiary alicyclic amines) is 1. The van der Waals surface area contributed by atoms with Gasteiger partial charge in [0.1, 0.15) is 29.6 Å². The van der Waals surface area contributed by atoms with Crippen LogP contribution in [0.4, 0.5) is 4.39 Å². The maximum atomic E-state index is 13.1. The van der Waals surface area contributed by atoms with Gasteiger partial charge in [-0.25, -0.2) is 9.02 Å². The number of benzene rings is 1. The first-order chi connectivity index (χ1) is 13.5. The van der Waals surface area contributed by atoms with Gasteiger partial charge in [-0.2, -0.15) is 0 Å². The minimum atomic E-state index is -0.456. The summed E-state index contributed by atoms with van der Waals surface area (Å²) in [4.78, 5) is 14.6. The molecule has 146 valence electrons. The predicted octanol–water partition coefficient (Wildman–Crippen LogP) is 3.71. The topological polar surface area (TPSA) is 94.5 Å². The first kappa shape index (κ1) is 18.4. The lowest BCUT2D eigenvalue weighted by molar-refractivity contribution is 0.0719. The van der Waals surface area contributed by atoms with Gasteiger partial charge in [0.15, 0.2) is 11.5 Å². The first-order valence-electron chi connectivity index (χ1n) is 8.66. The van der Waals surface area contributed by atoms with Gasteiger partial charge in [0.05, 0.1) is 11.1 Å². The Kier molecular flexibility index (Phi) is 4.99. The van der Waals surface area contributed by atoms with Crippen molar-refractivity contribution >= 4 is 17.5 Å². The number of rotatable bonds is 5. The predicted molar refractivity (Wildman–Crippen MR) is 94.3 cm³/mol. The molecule has 10 heteroatoms. The van der Waals surface area contributed by atoms with Crippen molar-refractivity contribution in [3.63, 3.8) is 0 Å². The molecule has 0 aliphatic carbocycles. The van der Waals surface area contributed by atoms with Gasteiger partial charge in [0, 0.05) is 12.6 Å². The van der Waals surface area contributed by atoms with E-state index in [2.05, 4.69) is 15.5 Å². The standard InChI is InChI=1S/C18H16ClFN4O4/c1-10-17(23-28-21-10)15-3-2-6-24(15)18(25)14-8-12(27-22-14)9-26-16-5-4-11(20)7-13(16)19/h4-5,7-8,15H,2-3,6,9H2,1H3/t15-/m1/s1. The summed E-state index contributed by atoms with van der Waals surface area (Å²) in [5.74, 6) is -0.0675. The van der Waals surface area contributed by atoms with Gasteiger partial charge >= 0.3 is 0 Å². The quantitative estimate of drug-likeness (QED) is 0.637. The molecular formula is C18H16ClFN4O4. The van der Waals surface area contributed by atoms with Crippen LogP contribution in [0.2, 0.25) is 5.02 Å². The molecule has 0 saturated carbocycles. The summed E-state index contributed by atoms with van der Waals surface area (Å²) in [6, 6.07) is 5.13. The molecule has 28 heavy (non-hydrogen) atoms. The van der Waals surface area contributed by atoms with E-state index in [1.54, 1.807) is 11.8 Å². The summed E-state index contributed by atoms with van der Waals surface area (Å²) in [5, 5.41) is 11.7. The molecule has 3 heterocycles. The van der Waals surface area contributed by atoms with Crippen molar-refractivity contribution in [2.24, 2.45) is 0 Å². The maximum Gasteiger partial charge on any atom is 0.276 e. The lowest BCUT2D eigenvalue weighted by Crippen LogP contribution is -2.31.